The van der Waals surface area contributed by atoms with Gasteiger partial charge in [0.15, 0.2) is 0 Å². The van der Waals surface area contributed by atoms with Gasteiger partial charge in [0, 0.05) is 43.4 Å². The lowest BCUT2D eigenvalue weighted by Crippen LogP contribution is -2.35. The number of carbonyl (C=O) groups excluding carboxylic acids is 2. The largest absolute Gasteiger partial charge is 0.496 e. The zero-order valence-corrected chi connectivity index (χ0v) is 19.7. The minimum atomic E-state index is -0.606. The van der Waals surface area contributed by atoms with E-state index in [1.54, 1.807) is 36.2 Å². The van der Waals surface area contributed by atoms with E-state index in [1.165, 1.54) is 12.4 Å². The van der Waals surface area contributed by atoms with Gasteiger partial charge in [0.05, 0.1) is 13.7 Å². The Kier molecular flexibility index (Phi) is 8.56. The van der Waals surface area contributed by atoms with Crippen molar-refractivity contribution in [1.29, 1.82) is 0 Å². The standard InChI is InChI=1S/C26H30N4O4/c1-18(2)8-13-28-25(32)21-16-30(15-20-6-4-5-7-23(20)34-3)17-22(24(21)31)26(33)29-14-19-9-11-27-12-10-19/h4-7,9-12,16-18H,8,13-15H2,1-3H3,(H,28,32)(H,29,33). The van der Waals surface area contributed by atoms with Gasteiger partial charge in [-0.2, -0.15) is 0 Å². The van der Waals surface area contributed by atoms with Crippen LogP contribution in [0.4, 0.5) is 0 Å². The maximum absolute atomic E-state index is 13.1. The Balaban J connectivity index is 1.92. The first kappa shape index (κ1) is 24.7. The van der Waals surface area contributed by atoms with E-state index in [4.69, 9.17) is 4.74 Å². The van der Waals surface area contributed by atoms with Gasteiger partial charge in [-0.05, 0) is 36.1 Å². The molecule has 2 aromatic heterocycles. The van der Waals surface area contributed by atoms with Crippen LogP contribution in [0.1, 0.15) is 52.1 Å². The molecule has 2 N–H and O–H groups in total. The van der Waals surface area contributed by atoms with Crippen LogP contribution < -0.4 is 20.8 Å². The lowest BCUT2D eigenvalue weighted by molar-refractivity contribution is 0.0948. The van der Waals surface area contributed by atoms with Gasteiger partial charge in [0.1, 0.15) is 16.9 Å². The molecule has 0 unspecified atom stereocenters. The van der Waals surface area contributed by atoms with Crippen molar-refractivity contribution in [2.75, 3.05) is 13.7 Å². The fourth-order valence-corrected chi connectivity index (χ4v) is 3.42. The first-order chi connectivity index (χ1) is 16.4. The summed E-state index contributed by atoms with van der Waals surface area (Å²) >= 11 is 0. The van der Waals surface area contributed by atoms with Gasteiger partial charge in [-0.3, -0.25) is 19.4 Å². The summed E-state index contributed by atoms with van der Waals surface area (Å²) in [7, 11) is 1.58. The molecule has 1 aromatic carbocycles. The Bertz CT molecular complexity index is 1190. The molecule has 8 nitrogen and oxygen atoms in total. The van der Waals surface area contributed by atoms with Crippen LogP contribution >= 0.6 is 0 Å². The fraction of sp³-hybridized carbons (Fsp3) is 0.308. The Labute approximate surface area is 199 Å². The number of hydrogen-bond acceptors (Lipinski definition) is 5. The molecule has 0 saturated carbocycles. The lowest BCUT2D eigenvalue weighted by Gasteiger charge is -2.15. The van der Waals surface area contributed by atoms with Crippen molar-refractivity contribution in [3.05, 3.63) is 93.7 Å². The highest BCUT2D eigenvalue weighted by Gasteiger charge is 2.20. The summed E-state index contributed by atoms with van der Waals surface area (Å²) in [6.07, 6.45) is 7.00. The zero-order valence-electron chi connectivity index (χ0n) is 19.7. The molecule has 0 aliphatic carbocycles. The van der Waals surface area contributed by atoms with Crippen molar-refractivity contribution in [2.24, 2.45) is 5.92 Å². The summed E-state index contributed by atoms with van der Waals surface area (Å²) in [5.41, 5.74) is 0.921. The lowest BCUT2D eigenvalue weighted by atomic mass is 10.1. The fourth-order valence-electron chi connectivity index (χ4n) is 3.42. The third-order valence-electron chi connectivity index (χ3n) is 5.32. The molecule has 0 aliphatic heterocycles. The summed E-state index contributed by atoms with van der Waals surface area (Å²) in [5.74, 6) is 0.0382. The van der Waals surface area contributed by atoms with Crippen LogP contribution in [-0.4, -0.2) is 35.0 Å². The van der Waals surface area contributed by atoms with E-state index in [0.29, 0.717) is 24.8 Å². The van der Waals surface area contributed by atoms with Gasteiger partial charge in [0.2, 0.25) is 5.43 Å². The number of nitrogens with one attached hydrogen (secondary N) is 2. The molecular formula is C26H30N4O4. The molecular weight excluding hydrogens is 432 g/mol. The van der Waals surface area contributed by atoms with E-state index in [1.807, 2.05) is 24.3 Å². The molecule has 0 saturated heterocycles. The van der Waals surface area contributed by atoms with Crippen LogP contribution in [0.15, 0.2) is 66.0 Å². The van der Waals surface area contributed by atoms with Crippen molar-refractivity contribution >= 4 is 11.8 Å². The second kappa shape index (κ2) is 11.8. The number of aromatic nitrogens is 2. The Morgan fingerprint density at radius 2 is 1.65 bits per heavy atom. The van der Waals surface area contributed by atoms with E-state index < -0.39 is 17.2 Å². The van der Waals surface area contributed by atoms with Crippen LogP contribution in [-0.2, 0) is 13.1 Å². The first-order valence-electron chi connectivity index (χ1n) is 11.2. The highest BCUT2D eigenvalue weighted by atomic mass is 16.5. The second-order valence-corrected chi connectivity index (χ2v) is 8.38. The van der Waals surface area contributed by atoms with Crippen LogP contribution in [0.5, 0.6) is 5.75 Å². The van der Waals surface area contributed by atoms with Crippen LogP contribution in [0, 0.1) is 5.92 Å². The molecule has 8 heteroatoms. The number of para-hydroxylation sites is 1. The van der Waals surface area contributed by atoms with E-state index in [9.17, 15) is 14.4 Å². The first-order valence-corrected chi connectivity index (χ1v) is 11.2. The number of pyridine rings is 2. The smallest absolute Gasteiger partial charge is 0.257 e. The van der Waals surface area contributed by atoms with E-state index in [0.717, 1.165) is 17.5 Å². The number of ether oxygens (including phenoxy) is 1. The Hall–Kier alpha value is -3.94. The van der Waals surface area contributed by atoms with Crippen LogP contribution in [0.25, 0.3) is 0 Å². The summed E-state index contributed by atoms with van der Waals surface area (Å²) in [4.78, 5) is 42.9. The highest BCUT2D eigenvalue weighted by Crippen LogP contribution is 2.18. The van der Waals surface area contributed by atoms with Crippen LogP contribution in [0.3, 0.4) is 0 Å². The van der Waals surface area contributed by atoms with Gasteiger partial charge in [-0.1, -0.05) is 32.0 Å². The predicted octanol–water partition coefficient (Wildman–Crippen LogP) is 3.01. The molecule has 0 spiro atoms. The summed E-state index contributed by atoms with van der Waals surface area (Å²) in [6, 6.07) is 11.0. The molecule has 0 radical (unpaired) electrons. The number of rotatable bonds is 10. The Morgan fingerprint density at radius 3 is 2.29 bits per heavy atom. The number of amides is 2. The van der Waals surface area contributed by atoms with Crippen LogP contribution in [0.2, 0.25) is 0 Å². The van der Waals surface area contributed by atoms with Gasteiger partial charge in [-0.25, -0.2) is 0 Å². The van der Waals surface area contributed by atoms with Gasteiger partial charge in [0.25, 0.3) is 11.8 Å². The maximum atomic E-state index is 13.1. The van der Waals surface area contributed by atoms with E-state index in [-0.39, 0.29) is 17.7 Å². The minimum Gasteiger partial charge on any atom is -0.496 e. The van der Waals surface area contributed by atoms with Gasteiger partial charge < -0.3 is 19.9 Å². The molecule has 0 atom stereocenters. The summed E-state index contributed by atoms with van der Waals surface area (Å²) in [6.45, 7) is 5.11. The zero-order chi connectivity index (χ0) is 24.5. The third kappa shape index (κ3) is 6.54. The van der Waals surface area contributed by atoms with E-state index >= 15 is 0 Å². The average Bonchev–Trinajstić information content (AvgIpc) is 2.84. The topological polar surface area (TPSA) is 102 Å². The van der Waals surface area contributed by atoms with Crippen molar-refractivity contribution in [2.45, 2.75) is 33.4 Å². The highest BCUT2D eigenvalue weighted by molar-refractivity contribution is 5.99. The number of carbonyl (C=O) groups is 2. The normalized spacial score (nSPS) is 10.7. The Morgan fingerprint density at radius 1 is 1.00 bits per heavy atom. The monoisotopic (exact) mass is 462 g/mol. The number of hydrogen-bond donors (Lipinski definition) is 2. The molecule has 0 bridgehead atoms. The SMILES string of the molecule is COc1ccccc1Cn1cc(C(=O)NCCC(C)C)c(=O)c(C(=O)NCc2ccncc2)c1. The van der Waals surface area contributed by atoms with Gasteiger partial charge >= 0.3 is 0 Å². The van der Waals surface area contributed by atoms with E-state index in [2.05, 4.69) is 29.5 Å². The van der Waals surface area contributed by atoms with Crippen molar-refractivity contribution in [3.63, 3.8) is 0 Å². The average molecular weight is 463 g/mol. The molecule has 0 fully saturated rings. The molecule has 3 aromatic rings. The number of nitrogens with zero attached hydrogens (tertiary/aromatic N) is 2. The number of methoxy groups -OCH3 is 1. The molecule has 3 rings (SSSR count). The summed E-state index contributed by atoms with van der Waals surface area (Å²) in [5, 5.41) is 5.55. The van der Waals surface area contributed by atoms with Gasteiger partial charge in [-0.15, -0.1) is 0 Å². The minimum absolute atomic E-state index is 0.0739. The predicted molar refractivity (Wildman–Crippen MR) is 130 cm³/mol. The molecule has 34 heavy (non-hydrogen) atoms. The quantitative estimate of drug-likeness (QED) is 0.482. The molecule has 178 valence electrons. The number of benzene rings is 1. The maximum Gasteiger partial charge on any atom is 0.257 e. The molecule has 0 aliphatic rings. The molecule has 2 amide bonds. The second-order valence-electron chi connectivity index (χ2n) is 8.38. The summed E-state index contributed by atoms with van der Waals surface area (Å²) < 4.78 is 7.09. The van der Waals surface area contributed by atoms with Crippen molar-refractivity contribution < 1.29 is 14.3 Å². The third-order valence-corrected chi connectivity index (χ3v) is 5.32. The molecule has 2 heterocycles. The van der Waals surface area contributed by atoms with Crippen molar-refractivity contribution in [3.8, 4) is 5.75 Å². The van der Waals surface area contributed by atoms with Crippen molar-refractivity contribution in [1.82, 2.24) is 20.2 Å².